The number of fused-ring (bicyclic) bond motifs is 1. The second-order valence-corrected chi connectivity index (χ2v) is 6.90. The number of carbonyl (C=O) groups excluding carboxylic acids is 1. The van der Waals surface area contributed by atoms with Crippen LogP contribution in [0, 0.1) is 11.8 Å². The third kappa shape index (κ3) is 2.60. The van der Waals surface area contributed by atoms with Crippen LogP contribution in [0.4, 0.5) is 0 Å². The molecule has 2 aliphatic rings. The van der Waals surface area contributed by atoms with Crippen LogP contribution in [0.15, 0.2) is 52.8 Å². The van der Waals surface area contributed by atoms with Crippen LogP contribution in [0.2, 0.25) is 0 Å². The second-order valence-electron chi connectivity index (χ2n) is 6.90. The molecule has 5 nitrogen and oxygen atoms in total. The minimum Gasteiger partial charge on any atom is -0.337 e. The van der Waals surface area contributed by atoms with Gasteiger partial charge in [-0.15, -0.1) is 0 Å². The van der Waals surface area contributed by atoms with Crippen LogP contribution in [0.3, 0.4) is 0 Å². The minimum atomic E-state index is -0.210. The maximum atomic E-state index is 12.8. The Balaban J connectivity index is 1.55. The first-order valence-electron chi connectivity index (χ1n) is 8.44. The monoisotopic (exact) mass is 323 g/mol. The maximum absolute atomic E-state index is 12.8. The number of carbonyl (C=O) groups is 1. The van der Waals surface area contributed by atoms with E-state index in [0.29, 0.717) is 17.5 Å². The number of H-pyrrole nitrogens is 1. The molecule has 0 unspecified atom stereocenters. The molecule has 1 aliphatic carbocycles. The highest BCUT2D eigenvalue weighted by atomic mass is 16.2. The van der Waals surface area contributed by atoms with Crippen LogP contribution in [-0.4, -0.2) is 33.7 Å². The van der Waals surface area contributed by atoms with E-state index in [4.69, 9.17) is 0 Å². The highest BCUT2D eigenvalue weighted by Crippen LogP contribution is 2.36. The minimum absolute atomic E-state index is 0.0752. The number of amides is 1. The summed E-state index contributed by atoms with van der Waals surface area (Å²) in [4.78, 5) is 26.9. The first-order chi connectivity index (χ1) is 11.6. The molecule has 0 saturated carbocycles. The molecule has 2 heterocycles. The zero-order chi connectivity index (χ0) is 16.7. The fraction of sp³-hybridized carbons (Fsp3) is 0.368. The number of hydrogen-bond acceptors (Lipinski definition) is 2. The predicted octanol–water partition coefficient (Wildman–Crippen LogP) is 2.59. The van der Waals surface area contributed by atoms with Gasteiger partial charge in [-0.3, -0.25) is 14.7 Å². The smallest absolute Gasteiger partial charge is 0.271 e. The number of benzene rings is 1. The van der Waals surface area contributed by atoms with Crippen molar-refractivity contribution in [3.05, 3.63) is 64.1 Å². The molecule has 0 spiro atoms. The van der Waals surface area contributed by atoms with Crippen molar-refractivity contribution in [2.24, 2.45) is 11.8 Å². The number of rotatable bonds is 2. The lowest BCUT2D eigenvalue weighted by Crippen LogP contribution is -2.29. The Morgan fingerprint density at radius 1 is 1.17 bits per heavy atom. The van der Waals surface area contributed by atoms with Gasteiger partial charge in [-0.1, -0.05) is 29.8 Å². The van der Waals surface area contributed by atoms with Gasteiger partial charge in [-0.2, -0.15) is 0 Å². The number of likely N-dealkylation sites (tertiary alicyclic amines) is 1. The molecule has 5 heteroatoms. The van der Waals surface area contributed by atoms with Crippen LogP contribution in [0.1, 0.15) is 30.3 Å². The molecule has 2 aromatic rings. The molecule has 124 valence electrons. The first-order valence-corrected chi connectivity index (χ1v) is 8.44. The molecule has 1 aromatic heterocycles. The summed E-state index contributed by atoms with van der Waals surface area (Å²) >= 11 is 0. The highest BCUT2D eigenvalue weighted by Gasteiger charge is 2.37. The van der Waals surface area contributed by atoms with E-state index in [9.17, 15) is 9.59 Å². The molecule has 2 atom stereocenters. The van der Waals surface area contributed by atoms with Gasteiger partial charge in [-0.05, 0) is 43.7 Å². The van der Waals surface area contributed by atoms with E-state index in [1.807, 2.05) is 35.2 Å². The lowest BCUT2D eigenvalue weighted by atomic mass is 9.83. The van der Waals surface area contributed by atoms with Crippen molar-refractivity contribution >= 4 is 5.91 Å². The van der Waals surface area contributed by atoms with Gasteiger partial charge >= 0.3 is 0 Å². The van der Waals surface area contributed by atoms with Gasteiger partial charge in [0.05, 0.1) is 5.69 Å². The van der Waals surface area contributed by atoms with Gasteiger partial charge in [0.25, 0.3) is 11.5 Å². The van der Waals surface area contributed by atoms with E-state index in [1.54, 1.807) is 0 Å². The molecule has 0 radical (unpaired) electrons. The molecule has 4 rings (SSSR count). The van der Waals surface area contributed by atoms with Gasteiger partial charge in [0.15, 0.2) is 0 Å². The fourth-order valence-electron chi connectivity index (χ4n) is 3.90. The topological polar surface area (TPSA) is 58.1 Å². The third-order valence-corrected chi connectivity index (χ3v) is 5.18. The van der Waals surface area contributed by atoms with Gasteiger partial charge in [0.1, 0.15) is 5.69 Å². The lowest BCUT2D eigenvalue weighted by molar-refractivity contribution is 0.0778. The number of aromatic nitrogens is 2. The van der Waals surface area contributed by atoms with E-state index in [1.165, 1.54) is 16.3 Å². The van der Waals surface area contributed by atoms with Crippen LogP contribution < -0.4 is 5.56 Å². The van der Waals surface area contributed by atoms with Crippen molar-refractivity contribution in [2.45, 2.75) is 19.8 Å². The van der Waals surface area contributed by atoms with Crippen molar-refractivity contribution in [3.63, 3.8) is 0 Å². The summed E-state index contributed by atoms with van der Waals surface area (Å²) in [7, 11) is 0. The SMILES string of the molecule is CC1=CC[C@@H]2CN(C(=O)c3cc(=O)n(-c4ccccc4)[nH]3)C[C@@H]2C1. The standard InChI is InChI=1S/C19H21N3O2/c1-13-7-8-14-11-21(12-15(14)9-13)19(24)17-10-18(23)22(20-17)16-5-3-2-4-6-16/h2-7,10,14-15,20H,8-9,11-12H2,1H3/t14-,15+/m1/s1. The van der Waals surface area contributed by atoms with Crippen molar-refractivity contribution in [1.29, 1.82) is 0 Å². The van der Waals surface area contributed by atoms with Gasteiger partial charge in [0, 0.05) is 19.2 Å². The van der Waals surface area contributed by atoms with Crippen molar-refractivity contribution < 1.29 is 4.79 Å². The number of para-hydroxylation sites is 1. The summed E-state index contributed by atoms with van der Waals surface area (Å²) in [5.41, 5.74) is 2.32. The average Bonchev–Trinajstić information content (AvgIpc) is 3.18. The predicted molar refractivity (Wildman–Crippen MR) is 92.3 cm³/mol. The maximum Gasteiger partial charge on any atom is 0.271 e. The first kappa shape index (κ1) is 15.0. The quantitative estimate of drug-likeness (QED) is 0.864. The summed E-state index contributed by atoms with van der Waals surface area (Å²) in [6.07, 6.45) is 4.43. The summed E-state index contributed by atoms with van der Waals surface area (Å²) in [5, 5.41) is 2.96. The van der Waals surface area contributed by atoms with Gasteiger partial charge in [-0.25, -0.2) is 4.68 Å². The lowest BCUT2D eigenvalue weighted by Gasteiger charge is -2.21. The van der Waals surface area contributed by atoms with E-state index in [2.05, 4.69) is 18.1 Å². The highest BCUT2D eigenvalue weighted by molar-refractivity contribution is 5.92. The molecule has 0 bridgehead atoms. The Labute approximate surface area is 140 Å². The Kier molecular flexibility index (Phi) is 3.63. The number of allylic oxidation sites excluding steroid dienone is 2. The number of hydrogen-bond donors (Lipinski definition) is 1. The Bertz CT molecular complexity index is 847. The molecule has 1 saturated heterocycles. The summed E-state index contributed by atoms with van der Waals surface area (Å²) < 4.78 is 1.42. The van der Waals surface area contributed by atoms with Crippen molar-refractivity contribution in [3.8, 4) is 5.69 Å². The normalized spacial score (nSPS) is 23.0. The van der Waals surface area contributed by atoms with Crippen LogP contribution in [0.5, 0.6) is 0 Å². The van der Waals surface area contributed by atoms with E-state index < -0.39 is 0 Å². The van der Waals surface area contributed by atoms with E-state index in [-0.39, 0.29) is 11.5 Å². The molecule has 24 heavy (non-hydrogen) atoms. The molecular weight excluding hydrogens is 302 g/mol. The molecule has 1 aromatic carbocycles. The largest absolute Gasteiger partial charge is 0.337 e. The van der Waals surface area contributed by atoms with Crippen molar-refractivity contribution in [1.82, 2.24) is 14.7 Å². The summed E-state index contributed by atoms with van der Waals surface area (Å²) in [5.74, 6) is 1.04. The van der Waals surface area contributed by atoms with Crippen LogP contribution in [-0.2, 0) is 0 Å². The van der Waals surface area contributed by atoms with Gasteiger partial charge < -0.3 is 4.90 Å². The molecule has 1 N–H and O–H groups in total. The molecule has 1 fully saturated rings. The Morgan fingerprint density at radius 2 is 1.92 bits per heavy atom. The molecular formula is C19H21N3O2. The zero-order valence-corrected chi connectivity index (χ0v) is 13.7. The summed E-state index contributed by atoms with van der Waals surface area (Å²) in [6.45, 7) is 3.73. The third-order valence-electron chi connectivity index (χ3n) is 5.18. The number of nitrogens with zero attached hydrogens (tertiary/aromatic N) is 2. The molecule has 1 amide bonds. The second kappa shape index (κ2) is 5.82. The fourth-order valence-corrected chi connectivity index (χ4v) is 3.90. The zero-order valence-electron chi connectivity index (χ0n) is 13.7. The number of nitrogens with one attached hydrogen (secondary N) is 1. The van der Waals surface area contributed by atoms with E-state index >= 15 is 0 Å². The van der Waals surface area contributed by atoms with Gasteiger partial charge in [0.2, 0.25) is 0 Å². The van der Waals surface area contributed by atoms with E-state index in [0.717, 1.165) is 31.6 Å². The van der Waals surface area contributed by atoms with Crippen LogP contribution >= 0.6 is 0 Å². The summed E-state index contributed by atoms with van der Waals surface area (Å²) in [6, 6.07) is 10.7. The Morgan fingerprint density at radius 3 is 2.71 bits per heavy atom. The van der Waals surface area contributed by atoms with Crippen LogP contribution in [0.25, 0.3) is 5.69 Å². The van der Waals surface area contributed by atoms with Crippen molar-refractivity contribution in [2.75, 3.05) is 13.1 Å². The average molecular weight is 323 g/mol. The Hall–Kier alpha value is -2.56. The molecule has 1 aliphatic heterocycles. The number of aromatic amines is 1.